The molecule has 9 nitrogen and oxygen atoms in total. The number of nitrogens with zero attached hydrogens (tertiary/aromatic N) is 2. The maximum atomic E-state index is 13.3. The molecule has 186 valence electrons. The molecule has 0 aromatic heterocycles. The van der Waals surface area contributed by atoms with E-state index in [0.717, 1.165) is 23.6 Å². The van der Waals surface area contributed by atoms with Crippen molar-refractivity contribution >= 4 is 34.2 Å². The second kappa shape index (κ2) is 11.0. The molecule has 3 aromatic carbocycles. The number of nitrogens with one attached hydrogen (secondary N) is 2. The maximum Gasteiger partial charge on any atom is 0.269 e. The van der Waals surface area contributed by atoms with Crippen LogP contribution in [0.3, 0.4) is 0 Å². The zero-order chi connectivity index (χ0) is 25.7. The number of nitro groups is 1. The first kappa shape index (κ1) is 24.8. The van der Waals surface area contributed by atoms with Crippen LogP contribution in [0.15, 0.2) is 66.7 Å². The van der Waals surface area contributed by atoms with Crippen LogP contribution in [-0.4, -0.2) is 52.7 Å². The van der Waals surface area contributed by atoms with Gasteiger partial charge in [0.2, 0.25) is 11.8 Å². The number of nitro benzene ring substituents is 1. The van der Waals surface area contributed by atoms with Crippen LogP contribution in [-0.2, 0) is 16.0 Å². The zero-order valence-electron chi connectivity index (χ0n) is 20.0. The van der Waals surface area contributed by atoms with E-state index in [0.29, 0.717) is 24.2 Å². The van der Waals surface area contributed by atoms with Gasteiger partial charge in [0.05, 0.1) is 4.92 Å². The average Bonchev–Trinajstić information content (AvgIpc) is 3.42. The number of carbonyl (C=O) groups is 3. The normalized spacial score (nSPS) is 14.8. The molecule has 2 atom stereocenters. The fourth-order valence-corrected chi connectivity index (χ4v) is 4.45. The van der Waals surface area contributed by atoms with Gasteiger partial charge in [-0.25, -0.2) is 0 Å². The van der Waals surface area contributed by atoms with Crippen LogP contribution in [0.1, 0.15) is 35.7 Å². The molecule has 0 bridgehead atoms. The van der Waals surface area contributed by atoms with E-state index >= 15 is 0 Å². The lowest BCUT2D eigenvalue weighted by molar-refractivity contribution is -0.384. The third-order valence-corrected chi connectivity index (χ3v) is 6.39. The third-order valence-electron chi connectivity index (χ3n) is 6.39. The van der Waals surface area contributed by atoms with Gasteiger partial charge >= 0.3 is 0 Å². The molecular formula is C27H28N4O5. The number of amides is 3. The first-order chi connectivity index (χ1) is 17.3. The summed E-state index contributed by atoms with van der Waals surface area (Å²) in [6.45, 7) is 2.97. The largest absolute Gasteiger partial charge is 0.343 e. The van der Waals surface area contributed by atoms with Crippen LogP contribution in [0, 0.1) is 10.1 Å². The number of hydrogen-bond acceptors (Lipinski definition) is 5. The van der Waals surface area contributed by atoms with Gasteiger partial charge in [-0.05, 0) is 42.2 Å². The molecule has 0 spiro atoms. The van der Waals surface area contributed by atoms with Crippen LogP contribution >= 0.6 is 0 Å². The number of rotatable bonds is 8. The van der Waals surface area contributed by atoms with Gasteiger partial charge in [-0.2, -0.15) is 0 Å². The summed E-state index contributed by atoms with van der Waals surface area (Å²) in [6, 6.07) is 16.9. The zero-order valence-corrected chi connectivity index (χ0v) is 20.0. The van der Waals surface area contributed by atoms with Crippen molar-refractivity contribution in [3.05, 3.63) is 88.0 Å². The van der Waals surface area contributed by atoms with Crippen molar-refractivity contribution in [2.75, 3.05) is 13.1 Å². The topological polar surface area (TPSA) is 122 Å². The lowest BCUT2D eigenvalue weighted by atomic mass is 10.0. The Morgan fingerprint density at radius 1 is 0.944 bits per heavy atom. The van der Waals surface area contributed by atoms with E-state index in [1.54, 1.807) is 36.1 Å². The summed E-state index contributed by atoms with van der Waals surface area (Å²) in [5, 5.41) is 18.2. The van der Waals surface area contributed by atoms with Crippen LogP contribution in [0.5, 0.6) is 0 Å². The summed E-state index contributed by atoms with van der Waals surface area (Å²) in [4.78, 5) is 51.5. The summed E-state index contributed by atoms with van der Waals surface area (Å²) >= 11 is 0. The smallest absolute Gasteiger partial charge is 0.269 e. The van der Waals surface area contributed by atoms with Gasteiger partial charge in [0, 0.05) is 37.2 Å². The summed E-state index contributed by atoms with van der Waals surface area (Å²) in [5.41, 5.74) is 0.998. The number of carbonyl (C=O) groups excluding carboxylic acids is 3. The molecule has 1 fully saturated rings. The van der Waals surface area contributed by atoms with E-state index in [4.69, 9.17) is 0 Å². The molecule has 4 rings (SSSR count). The molecule has 1 aliphatic heterocycles. The maximum absolute atomic E-state index is 13.3. The highest BCUT2D eigenvalue weighted by atomic mass is 16.6. The van der Waals surface area contributed by atoms with Crippen LogP contribution in [0.25, 0.3) is 10.8 Å². The molecule has 1 heterocycles. The highest BCUT2D eigenvalue weighted by Gasteiger charge is 2.28. The van der Waals surface area contributed by atoms with Crippen molar-refractivity contribution in [3.8, 4) is 0 Å². The molecule has 0 radical (unpaired) electrons. The van der Waals surface area contributed by atoms with Gasteiger partial charge in [0.1, 0.15) is 12.1 Å². The first-order valence-corrected chi connectivity index (χ1v) is 11.9. The Kier molecular flexibility index (Phi) is 7.58. The summed E-state index contributed by atoms with van der Waals surface area (Å²) in [7, 11) is 0. The molecule has 0 saturated carbocycles. The summed E-state index contributed by atoms with van der Waals surface area (Å²) < 4.78 is 0. The Balaban J connectivity index is 1.55. The van der Waals surface area contributed by atoms with Crippen LogP contribution in [0.2, 0.25) is 0 Å². The fourth-order valence-electron chi connectivity index (χ4n) is 4.45. The highest BCUT2D eigenvalue weighted by Crippen LogP contribution is 2.19. The molecule has 2 N–H and O–H groups in total. The van der Waals surface area contributed by atoms with Gasteiger partial charge in [0.15, 0.2) is 0 Å². The fraction of sp³-hybridized carbons (Fsp3) is 0.296. The van der Waals surface area contributed by atoms with E-state index in [9.17, 15) is 24.5 Å². The molecule has 0 aliphatic carbocycles. The van der Waals surface area contributed by atoms with Crippen molar-refractivity contribution < 1.29 is 19.3 Å². The van der Waals surface area contributed by atoms with E-state index < -0.39 is 28.8 Å². The standard InChI is InChI=1S/C27H28N4O5/c1-18(27(34)30-15-4-5-16-30)28-26(33)24(17-19-11-13-21(14-12-19)31(35)36)29-25(32)23-10-6-8-20-7-2-3-9-22(20)23/h2-3,6-14,18,24H,4-5,15-17H2,1H3,(H,28,33)(H,29,32)/t18?,24-/m0/s1. The van der Waals surface area contributed by atoms with E-state index in [-0.39, 0.29) is 18.0 Å². The lowest BCUT2D eigenvalue weighted by Crippen LogP contribution is -2.53. The predicted molar refractivity (Wildman–Crippen MR) is 135 cm³/mol. The molecule has 36 heavy (non-hydrogen) atoms. The van der Waals surface area contributed by atoms with Crippen LogP contribution in [0.4, 0.5) is 5.69 Å². The van der Waals surface area contributed by atoms with Gasteiger partial charge in [0.25, 0.3) is 11.6 Å². The molecule has 1 saturated heterocycles. The van der Waals surface area contributed by atoms with Gasteiger partial charge in [-0.1, -0.05) is 48.5 Å². The monoisotopic (exact) mass is 488 g/mol. The second-order valence-corrected chi connectivity index (χ2v) is 8.94. The quantitative estimate of drug-likeness (QED) is 0.372. The summed E-state index contributed by atoms with van der Waals surface area (Å²) in [6.07, 6.45) is 1.98. The van der Waals surface area contributed by atoms with E-state index in [1.807, 2.05) is 30.3 Å². The van der Waals surface area contributed by atoms with Crippen molar-refractivity contribution in [3.63, 3.8) is 0 Å². The average molecular weight is 489 g/mol. The van der Waals surface area contributed by atoms with Gasteiger partial charge < -0.3 is 15.5 Å². The Morgan fingerprint density at radius 3 is 2.31 bits per heavy atom. The van der Waals surface area contributed by atoms with Crippen molar-refractivity contribution in [1.29, 1.82) is 0 Å². The van der Waals surface area contributed by atoms with Gasteiger partial charge in [-0.3, -0.25) is 24.5 Å². The predicted octanol–water partition coefficient (Wildman–Crippen LogP) is 3.22. The van der Waals surface area contributed by atoms with Crippen molar-refractivity contribution in [1.82, 2.24) is 15.5 Å². The number of fused-ring (bicyclic) bond motifs is 1. The minimum atomic E-state index is -0.994. The number of benzene rings is 3. The molecule has 1 unspecified atom stereocenters. The SMILES string of the molecule is CC(NC(=O)[C@H](Cc1ccc([N+](=O)[O-])cc1)NC(=O)c1cccc2ccccc12)C(=O)N1CCCC1. The molecule has 3 aromatic rings. The van der Waals surface area contributed by atoms with Crippen molar-refractivity contribution in [2.45, 2.75) is 38.3 Å². The van der Waals surface area contributed by atoms with Crippen LogP contribution < -0.4 is 10.6 Å². The third kappa shape index (κ3) is 5.68. The Bertz CT molecular complexity index is 1280. The minimum Gasteiger partial charge on any atom is -0.343 e. The Labute approximate surface area is 208 Å². The number of hydrogen-bond donors (Lipinski definition) is 2. The second-order valence-electron chi connectivity index (χ2n) is 8.94. The molecular weight excluding hydrogens is 460 g/mol. The number of likely N-dealkylation sites (tertiary alicyclic amines) is 1. The Morgan fingerprint density at radius 2 is 1.61 bits per heavy atom. The molecule has 3 amide bonds. The number of non-ortho nitro benzene ring substituents is 1. The lowest BCUT2D eigenvalue weighted by Gasteiger charge is -2.24. The van der Waals surface area contributed by atoms with Crippen molar-refractivity contribution in [2.24, 2.45) is 0 Å². The Hall–Kier alpha value is -4.27. The molecule has 9 heteroatoms. The highest BCUT2D eigenvalue weighted by molar-refractivity contribution is 6.08. The summed E-state index contributed by atoms with van der Waals surface area (Å²) in [5.74, 6) is -1.08. The minimum absolute atomic E-state index is 0.0654. The van der Waals surface area contributed by atoms with E-state index in [2.05, 4.69) is 10.6 Å². The molecule has 1 aliphatic rings. The van der Waals surface area contributed by atoms with Gasteiger partial charge in [-0.15, -0.1) is 0 Å². The first-order valence-electron chi connectivity index (χ1n) is 11.9. The van der Waals surface area contributed by atoms with E-state index in [1.165, 1.54) is 12.1 Å².